The molecule has 1 aromatic rings. The van der Waals surface area contributed by atoms with E-state index in [-0.39, 0.29) is 0 Å². The molecule has 18 heavy (non-hydrogen) atoms. The fourth-order valence-electron chi connectivity index (χ4n) is 2.47. The van der Waals surface area contributed by atoms with Gasteiger partial charge in [-0.1, -0.05) is 30.3 Å². The summed E-state index contributed by atoms with van der Waals surface area (Å²) in [6, 6.07) is 10.9. The van der Waals surface area contributed by atoms with Gasteiger partial charge in [0.05, 0.1) is 19.8 Å². The molecule has 1 fully saturated rings. The minimum atomic E-state index is 0.573. The molecule has 100 valence electrons. The summed E-state index contributed by atoms with van der Waals surface area (Å²) in [5.74, 6) is 0. The van der Waals surface area contributed by atoms with E-state index in [1.807, 2.05) is 6.07 Å². The molecule has 0 N–H and O–H groups in total. The number of rotatable bonds is 7. The van der Waals surface area contributed by atoms with Crippen molar-refractivity contribution in [2.75, 3.05) is 33.4 Å². The van der Waals surface area contributed by atoms with Crippen LogP contribution in [0.4, 0.5) is 0 Å². The zero-order valence-corrected chi connectivity index (χ0v) is 11.2. The molecule has 1 saturated heterocycles. The highest BCUT2D eigenvalue weighted by Crippen LogP contribution is 2.17. The van der Waals surface area contributed by atoms with Gasteiger partial charge in [0, 0.05) is 19.7 Å². The molecule has 0 spiro atoms. The lowest BCUT2D eigenvalue weighted by molar-refractivity contribution is 0.0561. The molecule has 0 radical (unpaired) electrons. The van der Waals surface area contributed by atoms with Crippen LogP contribution >= 0.6 is 0 Å². The second-order valence-electron chi connectivity index (χ2n) is 4.83. The van der Waals surface area contributed by atoms with Gasteiger partial charge in [0.1, 0.15) is 0 Å². The van der Waals surface area contributed by atoms with Gasteiger partial charge in [0.25, 0.3) is 0 Å². The molecule has 3 nitrogen and oxygen atoms in total. The highest BCUT2D eigenvalue weighted by molar-refractivity contribution is 5.13. The van der Waals surface area contributed by atoms with E-state index in [1.165, 1.54) is 24.9 Å². The Kier molecular flexibility index (Phi) is 5.65. The summed E-state index contributed by atoms with van der Waals surface area (Å²) in [7, 11) is 1.76. The Labute approximate surface area is 110 Å². The average Bonchev–Trinajstić information content (AvgIpc) is 2.85. The topological polar surface area (TPSA) is 21.7 Å². The van der Waals surface area contributed by atoms with Crippen molar-refractivity contribution in [1.82, 2.24) is 4.90 Å². The summed E-state index contributed by atoms with van der Waals surface area (Å²) in [6.45, 7) is 4.57. The first-order chi connectivity index (χ1) is 8.90. The minimum absolute atomic E-state index is 0.573. The Balaban J connectivity index is 1.69. The Morgan fingerprint density at radius 2 is 2.11 bits per heavy atom. The first-order valence-electron chi connectivity index (χ1n) is 6.75. The molecule has 0 saturated carbocycles. The summed E-state index contributed by atoms with van der Waals surface area (Å²) >= 11 is 0. The van der Waals surface area contributed by atoms with Crippen LogP contribution in [0.15, 0.2) is 30.3 Å². The van der Waals surface area contributed by atoms with Gasteiger partial charge >= 0.3 is 0 Å². The number of hydrogen-bond acceptors (Lipinski definition) is 3. The lowest BCUT2D eigenvalue weighted by atomic mass is 10.2. The second kappa shape index (κ2) is 7.52. The third kappa shape index (κ3) is 4.09. The fourth-order valence-corrected chi connectivity index (χ4v) is 2.47. The average molecular weight is 249 g/mol. The maximum Gasteiger partial charge on any atom is 0.0717 e. The van der Waals surface area contributed by atoms with Crippen molar-refractivity contribution >= 4 is 0 Å². The largest absolute Gasteiger partial charge is 0.383 e. The van der Waals surface area contributed by atoms with Crippen LogP contribution < -0.4 is 0 Å². The quantitative estimate of drug-likeness (QED) is 0.740. The molecule has 1 heterocycles. The summed E-state index contributed by atoms with van der Waals surface area (Å²) in [4.78, 5) is 2.48. The van der Waals surface area contributed by atoms with Gasteiger partial charge in [-0.25, -0.2) is 0 Å². The molecule has 0 aromatic heterocycles. The molecule has 1 aliphatic heterocycles. The lowest BCUT2D eigenvalue weighted by Crippen LogP contribution is -2.35. The first-order valence-corrected chi connectivity index (χ1v) is 6.75. The highest BCUT2D eigenvalue weighted by atomic mass is 16.5. The number of likely N-dealkylation sites (tertiary alicyclic amines) is 1. The molecular formula is C15H23NO2. The predicted octanol–water partition coefficient (Wildman–Crippen LogP) is 2.31. The van der Waals surface area contributed by atoms with Crippen molar-refractivity contribution in [2.45, 2.75) is 25.5 Å². The van der Waals surface area contributed by atoms with E-state index in [4.69, 9.17) is 9.47 Å². The summed E-state index contributed by atoms with van der Waals surface area (Å²) in [6.07, 6.45) is 2.53. The van der Waals surface area contributed by atoms with Gasteiger partial charge in [0.15, 0.2) is 0 Å². The normalized spacial score (nSPS) is 20.4. The van der Waals surface area contributed by atoms with Gasteiger partial charge in [-0.15, -0.1) is 0 Å². The van der Waals surface area contributed by atoms with Crippen molar-refractivity contribution < 1.29 is 9.47 Å². The van der Waals surface area contributed by atoms with E-state index in [0.717, 1.165) is 26.4 Å². The van der Waals surface area contributed by atoms with Crippen molar-refractivity contribution in [3.8, 4) is 0 Å². The third-order valence-electron chi connectivity index (χ3n) is 3.50. The van der Waals surface area contributed by atoms with Gasteiger partial charge in [-0.2, -0.15) is 0 Å². The molecule has 2 rings (SSSR count). The first kappa shape index (κ1) is 13.5. The van der Waals surface area contributed by atoms with Crippen LogP contribution in [0.5, 0.6) is 0 Å². The molecular weight excluding hydrogens is 226 g/mol. The smallest absolute Gasteiger partial charge is 0.0717 e. The number of hydrogen-bond donors (Lipinski definition) is 0. The second-order valence-corrected chi connectivity index (χ2v) is 4.83. The van der Waals surface area contributed by atoms with Crippen LogP contribution in [0, 0.1) is 0 Å². The summed E-state index contributed by atoms with van der Waals surface area (Å²) in [5.41, 5.74) is 1.25. The Morgan fingerprint density at radius 3 is 2.89 bits per heavy atom. The standard InChI is InChI=1S/C15H23NO2/c1-17-11-10-16-9-5-8-15(16)13-18-12-14-6-3-2-4-7-14/h2-4,6-7,15H,5,8-13H2,1H3/t15-/m0/s1. The van der Waals surface area contributed by atoms with Crippen LogP contribution in [0.3, 0.4) is 0 Å². The Hall–Kier alpha value is -0.900. The Bertz CT molecular complexity index is 329. The van der Waals surface area contributed by atoms with E-state index in [2.05, 4.69) is 29.2 Å². The zero-order chi connectivity index (χ0) is 12.6. The molecule has 3 heteroatoms. The third-order valence-corrected chi connectivity index (χ3v) is 3.50. The SMILES string of the molecule is COCCN1CCC[C@H]1COCc1ccccc1. The molecule has 0 unspecified atom stereocenters. The van der Waals surface area contributed by atoms with E-state index in [0.29, 0.717) is 6.04 Å². The molecule has 1 aliphatic rings. The van der Waals surface area contributed by atoms with Crippen molar-refractivity contribution in [3.05, 3.63) is 35.9 Å². The maximum absolute atomic E-state index is 5.83. The molecule has 1 aromatic carbocycles. The molecule has 0 amide bonds. The fraction of sp³-hybridized carbons (Fsp3) is 0.600. The lowest BCUT2D eigenvalue weighted by Gasteiger charge is -2.23. The molecule has 1 atom stereocenters. The summed E-state index contributed by atoms with van der Waals surface area (Å²) in [5, 5.41) is 0. The zero-order valence-electron chi connectivity index (χ0n) is 11.2. The highest BCUT2D eigenvalue weighted by Gasteiger charge is 2.23. The number of nitrogens with zero attached hydrogens (tertiary/aromatic N) is 1. The van der Waals surface area contributed by atoms with Crippen LogP contribution in [-0.4, -0.2) is 44.4 Å². The van der Waals surface area contributed by atoms with Crippen molar-refractivity contribution in [2.24, 2.45) is 0 Å². The van der Waals surface area contributed by atoms with E-state index < -0.39 is 0 Å². The number of methoxy groups -OCH3 is 1. The van der Waals surface area contributed by atoms with Gasteiger partial charge in [-0.3, -0.25) is 4.90 Å². The van der Waals surface area contributed by atoms with Gasteiger partial charge in [-0.05, 0) is 24.9 Å². The van der Waals surface area contributed by atoms with Crippen molar-refractivity contribution in [1.29, 1.82) is 0 Å². The molecule has 0 aliphatic carbocycles. The van der Waals surface area contributed by atoms with Crippen LogP contribution in [0.25, 0.3) is 0 Å². The van der Waals surface area contributed by atoms with Crippen LogP contribution in [-0.2, 0) is 16.1 Å². The van der Waals surface area contributed by atoms with Crippen LogP contribution in [0.1, 0.15) is 18.4 Å². The predicted molar refractivity (Wildman–Crippen MR) is 72.6 cm³/mol. The van der Waals surface area contributed by atoms with E-state index >= 15 is 0 Å². The summed E-state index contributed by atoms with van der Waals surface area (Å²) < 4.78 is 11.0. The van der Waals surface area contributed by atoms with Crippen molar-refractivity contribution in [3.63, 3.8) is 0 Å². The molecule has 0 bridgehead atoms. The van der Waals surface area contributed by atoms with E-state index in [1.54, 1.807) is 7.11 Å². The van der Waals surface area contributed by atoms with Gasteiger partial charge < -0.3 is 9.47 Å². The number of benzene rings is 1. The minimum Gasteiger partial charge on any atom is -0.383 e. The Morgan fingerprint density at radius 1 is 1.28 bits per heavy atom. The number of ether oxygens (including phenoxy) is 2. The van der Waals surface area contributed by atoms with Crippen LogP contribution in [0.2, 0.25) is 0 Å². The van der Waals surface area contributed by atoms with Gasteiger partial charge in [0.2, 0.25) is 0 Å². The van der Waals surface area contributed by atoms with E-state index in [9.17, 15) is 0 Å². The monoisotopic (exact) mass is 249 g/mol. The maximum atomic E-state index is 5.83.